The molecule has 1 unspecified atom stereocenters. The fourth-order valence-corrected chi connectivity index (χ4v) is 2.58. The van der Waals surface area contributed by atoms with Crippen LogP contribution >= 0.6 is 0 Å². The van der Waals surface area contributed by atoms with Crippen LogP contribution in [0.15, 0.2) is 6.07 Å². The molecule has 5 heteroatoms. The van der Waals surface area contributed by atoms with E-state index in [1.54, 1.807) is 7.11 Å². The van der Waals surface area contributed by atoms with Gasteiger partial charge in [0, 0.05) is 32.8 Å². The highest BCUT2D eigenvalue weighted by molar-refractivity contribution is 5.49. The van der Waals surface area contributed by atoms with Gasteiger partial charge >= 0.3 is 0 Å². The largest absolute Gasteiger partial charge is 0.377 e. The van der Waals surface area contributed by atoms with Crippen LogP contribution in [0.3, 0.4) is 0 Å². The molecule has 0 saturated carbocycles. The maximum Gasteiger partial charge on any atom is 0.158 e. The van der Waals surface area contributed by atoms with Gasteiger partial charge in [-0.2, -0.15) is 0 Å². The smallest absolute Gasteiger partial charge is 0.158 e. The average molecular weight is 278 g/mol. The zero-order valence-electron chi connectivity index (χ0n) is 12.9. The first-order valence-corrected chi connectivity index (χ1v) is 7.58. The Bertz CT molecular complexity index is 424. The quantitative estimate of drug-likeness (QED) is 0.867. The number of hydrogen-bond donors (Lipinski definition) is 1. The molecule has 0 bridgehead atoms. The molecule has 0 spiro atoms. The minimum atomic E-state index is 0.456. The van der Waals surface area contributed by atoms with Crippen molar-refractivity contribution in [1.29, 1.82) is 0 Å². The summed E-state index contributed by atoms with van der Waals surface area (Å²) in [4.78, 5) is 11.5. The number of aromatic nitrogens is 2. The number of methoxy groups -OCH3 is 1. The van der Waals surface area contributed by atoms with Crippen LogP contribution in [0.5, 0.6) is 0 Å². The van der Waals surface area contributed by atoms with Crippen molar-refractivity contribution in [3.05, 3.63) is 11.9 Å². The predicted molar refractivity (Wildman–Crippen MR) is 82.1 cm³/mol. The van der Waals surface area contributed by atoms with Crippen LogP contribution in [0.25, 0.3) is 0 Å². The first-order chi connectivity index (χ1) is 9.72. The third-order valence-corrected chi connectivity index (χ3v) is 3.57. The molecule has 5 nitrogen and oxygen atoms in total. The number of piperidine rings is 1. The van der Waals surface area contributed by atoms with Gasteiger partial charge in [0.15, 0.2) is 5.82 Å². The molecule has 1 N–H and O–H groups in total. The summed E-state index contributed by atoms with van der Waals surface area (Å²) in [5.41, 5.74) is 0. The maximum absolute atomic E-state index is 5.18. The summed E-state index contributed by atoms with van der Waals surface area (Å²) >= 11 is 0. The monoisotopic (exact) mass is 278 g/mol. The molecule has 2 heterocycles. The molecule has 0 aliphatic carbocycles. The molecule has 1 aliphatic rings. The second-order valence-electron chi connectivity index (χ2n) is 5.58. The average Bonchev–Trinajstić information content (AvgIpc) is 2.45. The Balaban J connectivity index is 2.18. The van der Waals surface area contributed by atoms with E-state index < -0.39 is 0 Å². The van der Waals surface area contributed by atoms with Gasteiger partial charge < -0.3 is 15.0 Å². The van der Waals surface area contributed by atoms with Crippen LogP contribution in [0.4, 0.5) is 11.6 Å². The van der Waals surface area contributed by atoms with Crippen LogP contribution in [0.2, 0.25) is 0 Å². The summed E-state index contributed by atoms with van der Waals surface area (Å²) in [7, 11) is 1.68. The molecule has 0 aromatic carbocycles. The Kier molecular flexibility index (Phi) is 5.59. The van der Waals surface area contributed by atoms with Crippen molar-refractivity contribution >= 4 is 11.6 Å². The van der Waals surface area contributed by atoms with Gasteiger partial charge in [-0.3, -0.25) is 0 Å². The molecule has 2 rings (SSSR count). The molecule has 0 amide bonds. The second kappa shape index (κ2) is 7.43. The van der Waals surface area contributed by atoms with Gasteiger partial charge in [-0.1, -0.05) is 13.8 Å². The van der Waals surface area contributed by atoms with Crippen molar-refractivity contribution in [3.63, 3.8) is 0 Å². The van der Waals surface area contributed by atoms with Gasteiger partial charge in [-0.05, 0) is 25.2 Å². The van der Waals surface area contributed by atoms with Crippen LogP contribution in [-0.4, -0.2) is 36.7 Å². The highest BCUT2D eigenvalue weighted by Gasteiger charge is 2.18. The maximum atomic E-state index is 5.18. The first kappa shape index (κ1) is 15.0. The van der Waals surface area contributed by atoms with E-state index in [1.165, 1.54) is 12.8 Å². The topological polar surface area (TPSA) is 50.3 Å². The lowest BCUT2D eigenvalue weighted by Crippen LogP contribution is -2.35. The van der Waals surface area contributed by atoms with Gasteiger partial charge in [0.25, 0.3) is 0 Å². The van der Waals surface area contributed by atoms with Crippen LogP contribution in [0.1, 0.15) is 38.9 Å². The first-order valence-electron chi connectivity index (χ1n) is 7.58. The summed E-state index contributed by atoms with van der Waals surface area (Å²) in [6.45, 7) is 8.01. The van der Waals surface area contributed by atoms with Crippen molar-refractivity contribution in [3.8, 4) is 0 Å². The summed E-state index contributed by atoms with van der Waals surface area (Å²) in [6, 6.07) is 2.06. The lowest BCUT2D eigenvalue weighted by atomic mass is 10.0. The van der Waals surface area contributed by atoms with Gasteiger partial charge in [-0.15, -0.1) is 0 Å². The standard InChI is InChI=1S/C15H26N4O/c1-4-7-16-13-9-15(18-14(17-13)11-20-3)19-8-5-6-12(2)10-19/h9,12H,4-8,10-11H2,1-3H3,(H,16,17,18). The minimum Gasteiger partial charge on any atom is -0.377 e. The minimum absolute atomic E-state index is 0.456. The molecule has 0 radical (unpaired) electrons. The van der Waals surface area contributed by atoms with E-state index in [0.717, 1.165) is 49.4 Å². The molecule has 112 valence electrons. The summed E-state index contributed by atoms with van der Waals surface area (Å²) < 4.78 is 5.18. The van der Waals surface area contributed by atoms with Crippen molar-refractivity contribution in [2.45, 2.75) is 39.7 Å². The van der Waals surface area contributed by atoms with Crippen LogP contribution in [0, 0.1) is 5.92 Å². The zero-order chi connectivity index (χ0) is 14.4. The summed E-state index contributed by atoms with van der Waals surface area (Å²) in [5, 5.41) is 3.35. The van der Waals surface area contributed by atoms with Crippen molar-refractivity contribution in [2.24, 2.45) is 5.92 Å². The lowest BCUT2D eigenvalue weighted by molar-refractivity contribution is 0.178. The van der Waals surface area contributed by atoms with Crippen molar-refractivity contribution in [1.82, 2.24) is 9.97 Å². The van der Waals surface area contributed by atoms with Gasteiger partial charge in [0.1, 0.15) is 18.2 Å². The van der Waals surface area contributed by atoms with Gasteiger partial charge in [0.05, 0.1) is 0 Å². The molecular weight excluding hydrogens is 252 g/mol. The number of rotatable bonds is 6. The Labute approximate surface area is 121 Å². The SMILES string of the molecule is CCCNc1cc(N2CCCC(C)C2)nc(COC)n1. The number of nitrogens with zero attached hydrogens (tertiary/aromatic N) is 3. The Hall–Kier alpha value is -1.36. The van der Waals surface area contributed by atoms with Crippen LogP contribution < -0.4 is 10.2 Å². The molecule has 1 saturated heterocycles. The molecular formula is C15H26N4O. The second-order valence-corrected chi connectivity index (χ2v) is 5.58. The Morgan fingerprint density at radius 1 is 1.45 bits per heavy atom. The molecule has 1 fully saturated rings. The van der Waals surface area contributed by atoms with Gasteiger partial charge in [0.2, 0.25) is 0 Å². The fraction of sp³-hybridized carbons (Fsp3) is 0.733. The van der Waals surface area contributed by atoms with E-state index in [9.17, 15) is 0 Å². The number of hydrogen-bond acceptors (Lipinski definition) is 5. The van der Waals surface area contributed by atoms with E-state index in [4.69, 9.17) is 4.74 Å². The van der Waals surface area contributed by atoms with Crippen LogP contribution in [-0.2, 0) is 11.3 Å². The third-order valence-electron chi connectivity index (χ3n) is 3.57. The normalized spacial score (nSPS) is 19.1. The highest BCUT2D eigenvalue weighted by Crippen LogP contribution is 2.23. The lowest BCUT2D eigenvalue weighted by Gasteiger charge is -2.32. The molecule has 1 aliphatic heterocycles. The van der Waals surface area contributed by atoms with Crippen molar-refractivity contribution in [2.75, 3.05) is 37.0 Å². The number of nitrogens with one attached hydrogen (secondary N) is 1. The predicted octanol–water partition coefficient (Wildman–Crippen LogP) is 2.68. The Morgan fingerprint density at radius 3 is 3.00 bits per heavy atom. The highest BCUT2D eigenvalue weighted by atomic mass is 16.5. The van der Waals surface area contributed by atoms with Gasteiger partial charge in [-0.25, -0.2) is 9.97 Å². The van der Waals surface area contributed by atoms with E-state index in [2.05, 4.69) is 40.1 Å². The summed E-state index contributed by atoms with van der Waals surface area (Å²) in [5.74, 6) is 3.41. The zero-order valence-corrected chi connectivity index (χ0v) is 12.9. The molecule has 1 aromatic heterocycles. The van der Waals surface area contributed by atoms with E-state index >= 15 is 0 Å². The number of anilines is 2. The molecule has 1 aromatic rings. The summed E-state index contributed by atoms with van der Waals surface area (Å²) in [6.07, 6.45) is 3.63. The number of ether oxygens (including phenoxy) is 1. The Morgan fingerprint density at radius 2 is 2.30 bits per heavy atom. The van der Waals surface area contributed by atoms with E-state index in [-0.39, 0.29) is 0 Å². The molecule has 1 atom stereocenters. The van der Waals surface area contributed by atoms with E-state index in [1.807, 2.05) is 0 Å². The molecule has 20 heavy (non-hydrogen) atoms. The fourth-order valence-electron chi connectivity index (χ4n) is 2.58. The van der Waals surface area contributed by atoms with E-state index in [0.29, 0.717) is 6.61 Å². The van der Waals surface area contributed by atoms with Crippen molar-refractivity contribution < 1.29 is 4.74 Å². The third kappa shape index (κ3) is 4.07.